The molecule has 4 heterocycles. The molecule has 0 fully saturated rings. The summed E-state index contributed by atoms with van der Waals surface area (Å²) in [5.74, 6) is -1.34. The van der Waals surface area contributed by atoms with Crippen LogP contribution in [0.4, 0.5) is 10.5 Å². The summed E-state index contributed by atoms with van der Waals surface area (Å²) in [4.78, 5) is 67.6. The third-order valence-corrected chi connectivity index (χ3v) is 7.19. The highest BCUT2D eigenvalue weighted by Gasteiger charge is 2.28. The van der Waals surface area contributed by atoms with Gasteiger partial charge in [0.25, 0.3) is 11.8 Å². The number of hydrogen-bond acceptors (Lipinski definition) is 13. The quantitative estimate of drug-likeness (QED) is 0.188. The maximum absolute atomic E-state index is 13.4. The van der Waals surface area contributed by atoms with Crippen LogP contribution in [0.25, 0.3) is 11.6 Å². The van der Waals surface area contributed by atoms with E-state index in [2.05, 4.69) is 40.6 Å². The zero-order valence-electron chi connectivity index (χ0n) is 26.6. The summed E-state index contributed by atoms with van der Waals surface area (Å²) in [5.41, 5.74) is -0.139. The molecule has 0 radical (unpaired) electrons. The third kappa shape index (κ3) is 8.12. The number of thiazole rings is 1. The number of esters is 1. The van der Waals surface area contributed by atoms with E-state index in [0.29, 0.717) is 10.7 Å². The Balaban J connectivity index is 1.48. The molecule has 0 aliphatic carbocycles. The van der Waals surface area contributed by atoms with E-state index in [1.807, 2.05) is 13.8 Å². The number of methoxy groups -OCH3 is 1. The molecule has 4 rings (SSSR count). The lowest BCUT2D eigenvalue weighted by molar-refractivity contribution is 0.0591. The first-order valence-electron chi connectivity index (χ1n) is 14.2. The van der Waals surface area contributed by atoms with Crippen LogP contribution in [0.5, 0.6) is 0 Å². The predicted molar refractivity (Wildman–Crippen MR) is 165 cm³/mol. The normalized spacial score (nSPS) is 12.7. The molecule has 0 saturated carbocycles. The van der Waals surface area contributed by atoms with Crippen molar-refractivity contribution in [2.24, 2.45) is 5.92 Å². The summed E-state index contributed by atoms with van der Waals surface area (Å²) in [6, 6.07) is 1.93. The summed E-state index contributed by atoms with van der Waals surface area (Å²) in [6.45, 7) is 12.3. The molecule has 0 spiro atoms. The molecular formula is C30H35N7O8S. The molecular weight excluding hydrogens is 618 g/mol. The van der Waals surface area contributed by atoms with E-state index in [-0.39, 0.29) is 46.2 Å². The van der Waals surface area contributed by atoms with Crippen LogP contribution in [0.15, 0.2) is 38.8 Å². The summed E-state index contributed by atoms with van der Waals surface area (Å²) >= 11 is 1.28. The van der Waals surface area contributed by atoms with Crippen LogP contribution in [0.1, 0.15) is 102 Å². The highest BCUT2D eigenvalue weighted by Crippen LogP contribution is 2.30. The fourth-order valence-electron chi connectivity index (χ4n) is 4.08. The first-order valence-corrected chi connectivity index (χ1v) is 15.1. The number of aromatic nitrogens is 4. The molecule has 244 valence electrons. The van der Waals surface area contributed by atoms with E-state index in [1.54, 1.807) is 52.1 Å². The van der Waals surface area contributed by atoms with Crippen molar-refractivity contribution in [1.82, 2.24) is 30.6 Å². The molecule has 4 aromatic rings. The predicted octanol–water partition coefficient (Wildman–Crippen LogP) is 5.24. The number of rotatable bonds is 10. The Morgan fingerprint density at radius 2 is 1.72 bits per heavy atom. The van der Waals surface area contributed by atoms with Crippen LogP contribution >= 0.6 is 11.3 Å². The molecule has 2 atom stereocenters. The Morgan fingerprint density at radius 3 is 2.39 bits per heavy atom. The van der Waals surface area contributed by atoms with Gasteiger partial charge in [-0.05, 0) is 52.7 Å². The zero-order valence-corrected chi connectivity index (χ0v) is 27.4. The van der Waals surface area contributed by atoms with E-state index >= 15 is 0 Å². The van der Waals surface area contributed by atoms with Gasteiger partial charge in [0, 0.05) is 11.6 Å². The topological polar surface area (TPSA) is 201 Å². The van der Waals surface area contributed by atoms with Crippen molar-refractivity contribution in [2.45, 2.75) is 66.2 Å². The Hall–Kier alpha value is -5.12. The first kappa shape index (κ1) is 33.8. The number of oxazole rings is 2. The van der Waals surface area contributed by atoms with E-state index in [1.165, 1.54) is 24.6 Å². The van der Waals surface area contributed by atoms with E-state index in [0.717, 1.165) is 6.26 Å². The third-order valence-electron chi connectivity index (χ3n) is 6.26. The summed E-state index contributed by atoms with van der Waals surface area (Å²) in [6.07, 6.45) is 1.88. The van der Waals surface area contributed by atoms with Gasteiger partial charge >= 0.3 is 12.1 Å². The van der Waals surface area contributed by atoms with Crippen molar-refractivity contribution < 1.29 is 37.5 Å². The molecule has 4 aromatic heterocycles. The van der Waals surface area contributed by atoms with Crippen LogP contribution in [-0.2, 0) is 9.47 Å². The van der Waals surface area contributed by atoms with Gasteiger partial charge in [0.05, 0.1) is 18.8 Å². The van der Waals surface area contributed by atoms with Crippen molar-refractivity contribution >= 4 is 40.9 Å². The molecule has 0 aliphatic rings. The van der Waals surface area contributed by atoms with Crippen LogP contribution in [-0.4, -0.2) is 56.5 Å². The van der Waals surface area contributed by atoms with Gasteiger partial charge in [0.15, 0.2) is 17.1 Å². The Bertz CT molecular complexity index is 1740. The van der Waals surface area contributed by atoms with Crippen molar-refractivity contribution in [3.8, 4) is 11.6 Å². The van der Waals surface area contributed by atoms with E-state index in [4.69, 9.17) is 13.6 Å². The zero-order chi connectivity index (χ0) is 33.8. The molecule has 3 N–H and O–H groups in total. The average Bonchev–Trinajstić information content (AvgIpc) is 3.74. The molecule has 0 saturated heterocycles. The fraction of sp³-hybridized carbons (Fsp3) is 0.400. The van der Waals surface area contributed by atoms with Gasteiger partial charge in [-0.2, -0.15) is 0 Å². The summed E-state index contributed by atoms with van der Waals surface area (Å²) < 4.78 is 21.0. The molecule has 0 aliphatic heterocycles. The van der Waals surface area contributed by atoms with Gasteiger partial charge in [-0.25, -0.2) is 29.5 Å². The number of nitrogens with one attached hydrogen (secondary N) is 3. The molecule has 0 aromatic carbocycles. The number of carbonyl (C=O) groups is 4. The second kappa shape index (κ2) is 13.9. The van der Waals surface area contributed by atoms with Gasteiger partial charge in [-0.15, -0.1) is 11.3 Å². The number of carbonyl (C=O) groups excluding carboxylic acids is 4. The smallest absolute Gasteiger partial charge is 0.412 e. The molecule has 3 amide bonds. The minimum absolute atomic E-state index is 0.00951. The highest BCUT2D eigenvalue weighted by molar-refractivity contribution is 7.10. The van der Waals surface area contributed by atoms with Gasteiger partial charge in [0.1, 0.15) is 34.4 Å². The second-order valence-corrected chi connectivity index (χ2v) is 12.4. The number of anilines is 1. The van der Waals surface area contributed by atoms with Crippen molar-refractivity contribution in [1.29, 1.82) is 0 Å². The number of amides is 3. The van der Waals surface area contributed by atoms with E-state index < -0.39 is 41.6 Å². The number of pyridine rings is 1. The number of hydrogen-bond donors (Lipinski definition) is 3. The Morgan fingerprint density at radius 1 is 1.00 bits per heavy atom. The van der Waals surface area contributed by atoms with E-state index in [9.17, 15) is 19.2 Å². The SMILES string of the molecule is COC(=O)c1coc([C@H](C)NC(=O)c2nc(-c3csc([C@@H](NC(=O)c4ncccc4NC(=O)OC(C)(C)C)C(C)C)n3)oc2C)n1. The maximum atomic E-state index is 13.4. The monoisotopic (exact) mass is 653 g/mol. The van der Waals surface area contributed by atoms with Crippen LogP contribution in [0.2, 0.25) is 0 Å². The van der Waals surface area contributed by atoms with Crippen LogP contribution in [0, 0.1) is 12.8 Å². The largest absolute Gasteiger partial charge is 0.464 e. The highest BCUT2D eigenvalue weighted by atomic mass is 32.1. The lowest BCUT2D eigenvalue weighted by atomic mass is 10.0. The molecule has 16 heteroatoms. The number of ether oxygens (including phenoxy) is 2. The molecule has 15 nitrogen and oxygen atoms in total. The maximum Gasteiger partial charge on any atom is 0.412 e. The van der Waals surface area contributed by atoms with Crippen molar-refractivity contribution in [2.75, 3.05) is 12.4 Å². The number of nitrogens with zero attached hydrogens (tertiary/aromatic N) is 4. The fourth-order valence-corrected chi connectivity index (χ4v) is 5.10. The molecule has 0 bridgehead atoms. The van der Waals surface area contributed by atoms with Crippen molar-refractivity contribution in [3.63, 3.8) is 0 Å². The van der Waals surface area contributed by atoms with Gasteiger partial charge in [-0.3, -0.25) is 14.9 Å². The average molecular weight is 654 g/mol. The Kier molecular flexibility index (Phi) is 10.2. The van der Waals surface area contributed by atoms with Gasteiger partial charge in [-0.1, -0.05) is 13.8 Å². The second-order valence-electron chi connectivity index (χ2n) is 11.5. The van der Waals surface area contributed by atoms with Crippen molar-refractivity contribution in [3.05, 3.63) is 63.7 Å². The lowest BCUT2D eigenvalue weighted by Crippen LogP contribution is -2.33. The minimum atomic E-state index is -0.723. The van der Waals surface area contributed by atoms with Gasteiger partial charge in [0.2, 0.25) is 11.8 Å². The standard InChI is InChI=1S/C30H35N7O8S/c1-14(2)20(36-24(39)22-17(10-9-11-31-22)35-29(41)45-30(5,6)7)27-34-19(13-46-27)26-37-21(16(4)44-26)23(38)32-15(3)25-33-18(12-43-25)28(40)42-8/h9-15,20H,1-8H3,(H,32,38)(H,35,41)(H,36,39)/t15-,20-/m0/s1. The van der Waals surface area contributed by atoms with Crippen LogP contribution < -0.4 is 16.0 Å². The summed E-state index contributed by atoms with van der Waals surface area (Å²) in [5, 5.41) is 10.5. The Labute approximate surface area is 268 Å². The summed E-state index contributed by atoms with van der Waals surface area (Å²) in [7, 11) is 1.22. The molecule has 46 heavy (non-hydrogen) atoms. The lowest BCUT2D eigenvalue weighted by Gasteiger charge is -2.22. The number of aryl methyl sites for hydroxylation is 1. The van der Waals surface area contributed by atoms with Crippen LogP contribution in [0.3, 0.4) is 0 Å². The first-order chi connectivity index (χ1) is 21.7. The minimum Gasteiger partial charge on any atom is -0.464 e. The van der Waals surface area contributed by atoms with Gasteiger partial charge < -0.3 is 28.9 Å². The molecule has 0 unspecified atom stereocenters.